The van der Waals surface area contributed by atoms with Crippen LogP contribution in [0.5, 0.6) is 5.75 Å². The molecular formula is C22H23NO2. The minimum Gasteiger partial charge on any atom is -0.507 e. The number of benzene rings is 2. The number of hydrogen-bond donors (Lipinski definition) is 1. The zero-order valence-electron chi connectivity index (χ0n) is 14.7. The molecule has 3 heteroatoms. The molecule has 0 saturated carbocycles. The maximum Gasteiger partial charge on any atom is 0.262 e. The third kappa shape index (κ3) is 3.36. The number of aromatic nitrogens is 1. The van der Waals surface area contributed by atoms with Crippen molar-refractivity contribution in [3.05, 3.63) is 82.1 Å². The highest BCUT2D eigenvalue weighted by atomic mass is 16.3. The van der Waals surface area contributed by atoms with Crippen LogP contribution in [0.2, 0.25) is 0 Å². The maximum atomic E-state index is 13.2. The Bertz CT molecular complexity index is 927. The summed E-state index contributed by atoms with van der Waals surface area (Å²) in [5.74, 6) is 0.0869. The summed E-state index contributed by atoms with van der Waals surface area (Å²) < 4.78 is 1.72. The van der Waals surface area contributed by atoms with Crippen molar-refractivity contribution >= 4 is 0 Å². The summed E-state index contributed by atoms with van der Waals surface area (Å²) in [6.45, 7) is 4.09. The van der Waals surface area contributed by atoms with E-state index in [1.54, 1.807) is 10.6 Å². The summed E-state index contributed by atoms with van der Waals surface area (Å²) in [6.07, 6.45) is 2.44. The Balaban J connectivity index is 2.32. The third-order valence-electron chi connectivity index (χ3n) is 4.50. The van der Waals surface area contributed by atoms with Crippen LogP contribution in [-0.4, -0.2) is 9.67 Å². The van der Waals surface area contributed by atoms with E-state index in [0.717, 1.165) is 29.7 Å². The summed E-state index contributed by atoms with van der Waals surface area (Å²) in [4.78, 5) is 13.2. The quantitative estimate of drug-likeness (QED) is 0.724. The van der Waals surface area contributed by atoms with Crippen LogP contribution < -0.4 is 5.56 Å². The average molecular weight is 333 g/mol. The molecule has 1 N–H and O–H groups in total. The first kappa shape index (κ1) is 17.0. The van der Waals surface area contributed by atoms with Gasteiger partial charge in [-0.15, -0.1) is 0 Å². The molecule has 0 unspecified atom stereocenters. The van der Waals surface area contributed by atoms with Crippen molar-refractivity contribution in [2.45, 2.75) is 33.1 Å². The number of pyridine rings is 1. The Morgan fingerprint density at radius 1 is 1.00 bits per heavy atom. The van der Waals surface area contributed by atoms with Gasteiger partial charge in [0.05, 0.1) is 11.3 Å². The van der Waals surface area contributed by atoms with Gasteiger partial charge < -0.3 is 5.11 Å². The highest BCUT2D eigenvalue weighted by Crippen LogP contribution is 2.29. The van der Waals surface area contributed by atoms with E-state index >= 15 is 0 Å². The van der Waals surface area contributed by atoms with Crippen molar-refractivity contribution in [2.75, 3.05) is 0 Å². The van der Waals surface area contributed by atoms with E-state index in [-0.39, 0.29) is 11.3 Å². The van der Waals surface area contributed by atoms with Crippen LogP contribution in [0, 0.1) is 6.92 Å². The molecule has 0 spiro atoms. The molecule has 0 aliphatic rings. The second-order valence-electron chi connectivity index (χ2n) is 6.29. The first-order chi connectivity index (χ1) is 12.1. The first-order valence-corrected chi connectivity index (χ1v) is 8.72. The van der Waals surface area contributed by atoms with Gasteiger partial charge in [0, 0.05) is 17.3 Å². The van der Waals surface area contributed by atoms with E-state index in [2.05, 4.69) is 6.92 Å². The fraction of sp³-hybridized carbons (Fsp3) is 0.227. The second-order valence-corrected chi connectivity index (χ2v) is 6.29. The summed E-state index contributed by atoms with van der Waals surface area (Å²) >= 11 is 0. The summed E-state index contributed by atoms with van der Waals surface area (Å²) in [6, 6.07) is 19.2. The molecule has 1 aromatic heterocycles. The lowest BCUT2D eigenvalue weighted by Gasteiger charge is -2.17. The number of aromatic hydroxyl groups is 1. The zero-order chi connectivity index (χ0) is 17.8. The summed E-state index contributed by atoms with van der Waals surface area (Å²) in [7, 11) is 0. The Morgan fingerprint density at radius 2 is 1.68 bits per heavy atom. The minimum absolute atomic E-state index is 0.0869. The predicted octanol–water partition coefficient (Wildman–Crippen LogP) is 4.86. The van der Waals surface area contributed by atoms with Gasteiger partial charge in [0.2, 0.25) is 0 Å². The smallest absolute Gasteiger partial charge is 0.262 e. The first-order valence-electron chi connectivity index (χ1n) is 8.72. The molecule has 0 saturated heterocycles. The van der Waals surface area contributed by atoms with Crippen molar-refractivity contribution in [1.82, 2.24) is 4.57 Å². The maximum absolute atomic E-state index is 13.2. The number of para-hydroxylation sites is 1. The van der Waals surface area contributed by atoms with Crippen LogP contribution in [0.3, 0.4) is 0 Å². The molecule has 3 rings (SSSR count). The molecule has 0 aliphatic heterocycles. The number of unbranched alkanes of at least 4 members (excludes halogenated alkanes) is 1. The highest BCUT2D eigenvalue weighted by molar-refractivity contribution is 5.68. The van der Waals surface area contributed by atoms with Crippen molar-refractivity contribution < 1.29 is 5.11 Å². The minimum atomic E-state index is -0.141. The highest BCUT2D eigenvalue weighted by Gasteiger charge is 2.17. The van der Waals surface area contributed by atoms with Crippen molar-refractivity contribution in [2.24, 2.45) is 0 Å². The topological polar surface area (TPSA) is 42.2 Å². The van der Waals surface area contributed by atoms with E-state index in [9.17, 15) is 9.90 Å². The van der Waals surface area contributed by atoms with Gasteiger partial charge in [-0.05, 0) is 37.5 Å². The normalized spacial score (nSPS) is 10.8. The summed E-state index contributed by atoms with van der Waals surface area (Å²) in [5, 5.41) is 10.5. The SMILES string of the molecule is CCCCc1c(O)cc(-c2ccccc2C)n(-c2ccccc2)c1=O. The standard InChI is InChI=1S/C22H23NO2/c1-3-4-13-19-21(24)15-20(18-14-9-8-10-16(18)2)23(22(19)25)17-11-6-5-7-12-17/h5-12,14-15,24H,3-4,13H2,1-2H3. The molecule has 3 aromatic rings. The van der Waals surface area contributed by atoms with Gasteiger partial charge in [-0.1, -0.05) is 55.8 Å². The fourth-order valence-corrected chi connectivity index (χ4v) is 3.12. The molecule has 128 valence electrons. The lowest BCUT2D eigenvalue weighted by atomic mass is 10.0. The van der Waals surface area contributed by atoms with Crippen LogP contribution >= 0.6 is 0 Å². The van der Waals surface area contributed by atoms with Crippen molar-refractivity contribution in [1.29, 1.82) is 0 Å². The van der Waals surface area contributed by atoms with Gasteiger partial charge in [0.1, 0.15) is 5.75 Å². The zero-order valence-corrected chi connectivity index (χ0v) is 14.7. The van der Waals surface area contributed by atoms with Crippen LogP contribution in [0.15, 0.2) is 65.5 Å². The molecule has 0 fully saturated rings. The molecule has 0 radical (unpaired) electrons. The molecule has 25 heavy (non-hydrogen) atoms. The van der Waals surface area contributed by atoms with E-state index in [0.29, 0.717) is 17.7 Å². The number of hydrogen-bond acceptors (Lipinski definition) is 2. The molecule has 0 aliphatic carbocycles. The van der Waals surface area contributed by atoms with Gasteiger partial charge in [-0.25, -0.2) is 0 Å². The molecular weight excluding hydrogens is 310 g/mol. The van der Waals surface area contributed by atoms with Gasteiger partial charge in [-0.3, -0.25) is 9.36 Å². The van der Waals surface area contributed by atoms with E-state index < -0.39 is 0 Å². The third-order valence-corrected chi connectivity index (χ3v) is 4.50. The Hall–Kier alpha value is -2.81. The summed E-state index contributed by atoms with van der Waals surface area (Å²) in [5.41, 5.74) is 3.88. The van der Waals surface area contributed by atoms with Gasteiger partial charge in [0.25, 0.3) is 5.56 Å². The second kappa shape index (κ2) is 7.39. The predicted molar refractivity (Wildman–Crippen MR) is 102 cm³/mol. The molecule has 0 atom stereocenters. The number of nitrogens with zero attached hydrogens (tertiary/aromatic N) is 1. The number of aryl methyl sites for hydroxylation is 1. The van der Waals surface area contributed by atoms with Crippen molar-refractivity contribution in [3.8, 4) is 22.7 Å². The van der Waals surface area contributed by atoms with E-state index in [1.165, 1.54) is 0 Å². The van der Waals surface area contributed by atoms with Crippen molar-refractivity contribution in [3.63, 3.8) is 0 Å². The average Bonchev–Trinajstić information content (AvgIpc) is 2.62. The van der Waals surface area contributed by atoms with Crippen LogP contribution in [0.25, 0.3) is 16.9 Å². The lowest BCUT2D eigenvalue weighted by Crippen LogP contribution is -2.24. The fourth-order valence-electron chi connectivity index (χ4n) is 3.12. The monoisotopic (exact) mass is 333 g/mol. The van der Waals surface area contributed by atoms with E-state index in [1.807, 2.05) is 61.5 Å². The Labute approximate surface area is 148 Å². The van der Waals surface area contributed by atoms with Gasteiger partial charge in [-0.2, -0.15) is 0 Å². The molecule has 0 amide bonds. The molecule has 3 nitrogen and oxygen atoms in total. The largest absolute Gasteiger partial charge is 0.507 e. The number of rotatable bonds is 5. The van der Waals surface area contributed by atoms with Gasteiger partial charge in [0.15, 0.2) is 0 Å². The van der Waals surface area contributed by atoms with Crippen LogP contribution in [-0.2, 0) is 6.42 Å². The van der Waals surface area contributed by atoms with Crippen LogP contribution in [0.1, 0.15) is 30.9 Å². The Kier molecular flexibility index (Phi) is 5.03. The van der Waals surface area contributed by atoms with Gasteiger partial charge >= 0.3 is 0 Å². The molecule has 0 bridgehead atoms. The van der Waals surface area contributed by atoms with Crippen LogP contribution in [0.4, 0.5) is 0 Å². The lowest BCUT2D eigenvalue weighted by molar-refractivity contribution is 0.464. The molecule has 2 aromatic carbocycles. The van der Waals surface area contributed by atoms with E-state index in [4.69, 9.17) is 0 Å². The molecule has 1 heterocycles. The Morgan fingerprint density at radius 3 is 2.36 bits per heavy atom.